The van der Waals surface area contributed by atoms with Crippen LogP contribution in [0.4, 0.5) is 0 Å². The summed E-state index contributed by atoms with van der Waals surface area (Å²) in [5.41, 5.74) is 0. The Bertz CT molecular complexity index is 91.2. The Labute approximate surface area is 78.1 Å². The third-order valence-electron chi connectivity index (χ3n) is 2.58. The van der Waals surface area contributed by atoms with E-state index < -0.39 is 0 Å². The Kier molecular flexibility index (Phi) is 6.45. The lowest BCUT2D eigenvalue weighted by molar-refractivity contribution is 0.272. The van der Waals surface area contributed by atoms with E-state index in [1.165, 1.54) is 25.8 Å². The van der Waals surface area contributed by atoms with Crippen LogP contribution < -0.4 is 0 Å². The van der Waals surface area contributed by atoms with Gasteiger partial charge in [0.25, 0.3) is 0 Å². The molecule has 0 aliphatic carbocycles. The lowest BCUT2D eigenvalue weighted by Crippen LogP contribution is -2.27. The Morgan fingerprint density at radius 2 is 1.75 bits per heavy atom. The zero-order valence-electron chi connectivity index (χ0n) is 9.43. The Morgan fingerprint density at radius 1 is 1.25 bits per heavy atom. The number of nitrogens with zero attached hydrogens (tertiary/aromatic N) is 1. The highest BCUT2D eigenvalue weighted by Gasteiger charge is 2.25. The van der Waals surface area contributed by atoms with E-state index in [1.54, 1.807) is 0 Å². The molecule has 0 amide bonds. The molecule has 12 heavy (non-hydrogen) atoms. The fourth-order valence-corrected chi connectivity index (χ4v) is 1.91. The predicted molar refractivity (Wildman–Crippen MR) is 56.5 cm³/mol. The summed E-state index contributed by atoms with van der Waals surface area (Å²) in [5, 5.41) is 0. The van der Waals surface area contributed by atoms with Crippen LogP contribution in [-0.2, 0) is 0 Å². The second-order valence-electron chi connectivity index (χ2n) is 3.93. The van der Waals surface area contributed by atoms with Crippen molar-refractivity contribution in [3.05, 3.63) is 0 Å². The van der Waals surface area contributed by atoms with Crippen LogP contribution in [0.25, 0.3) is 0 Å². The van der Waals surface area contributed by atoms with Gasteiger partial charge in [-0.3, -0.25) is 0 Å². The molecule has 0 bridgehead atoms. The van der Waals surface area contributed by atoms with Gasteiger partial charge >= 0.3 is 0 Å². The van der Waals surface area contributed by atoms with Gasteiger partial charge in [0.2, 0.25) is 0 Å². The topological polar surface area (TPSA) is 3.24 Å². The standard InChI is InChI=1S/C8H17N.C3H8/c1-4-8-7(2)5-6-9(8)3;1-3-2/h7-8H,4-6H2,1-3H3;3H2,1-2H3. The first-order valence-electron chi connectivity index (χ1n) is 5.37. The van der Waals surface area contributed by atoms with Crippen LogP contribution >= 0.6 is 0 Å². The number of hydrogen-bond acceptors (Lipinski definition) is 1. The van der Waals surface area contributed by atoms with Gasteiger partial charge in [-0.05, 0) is 32.4 Å². The van der Waals surface area contributed by atoms with Crippen LogP contribution in [0.3, 0.4) is 0 Å². The number of hydrogen-bond donors (Lipinski definition) is 0. The maximum atomic E-state index is 2.48. The van der Waals surface area contributed by atoms with Crippen molar-refractivity contribution in [2.24, 2.45) is 5.92 Å². The van der Waals surface area contributed by atoms with Crippen LogP contribution in [0.1, 0.15) is 47.0 Å². The molecule has 0 aromatic rings. The van der Waals surface area contributed by atoms with Crippen LogP contribution in [-0.4, -0.2) is 24.5 Å². The van der Waals surface area contributed by atoms with E-state index in [0.29, 0.717) is 0 Å². The summed E-state index contributed by atoms with van der Waals surface area (Å²) in [4.78, 5) is 2.48. The van der Waals surface area contributed by atoms with Crippen LogP contribution in [0.15, 0.2) is 0 Å². The molecule has 0 radical (unpaired) electrons. The van der Waals surface area contributed by atoms with Crippen molar-refractivity contribution >= 4 is 0 Å². The average molecular weight is 171 g/mol. The van der Waals surface area contributed by atoms with E-state index in [0.717, 1.165) is 12.0 Å². The summed E-state index contributed by atoms with van der Waals surface area (Å²) in [7, 11) is 2.23. The minimum atomic E-state index is 0.866. The van der Waals surface area contributed by atoms with Crippen molar-refractivity contribution in [3.63, 3.8) is 0 Å². The van der Waals surface area contributed by atoms with Gasteiger partial charge in [-0.2, -0.15) is 0 Å². The SMILES string of the molecule is CCC.CCC1C(C)CCN1C. The fourth-order valence-electron chi connectivity index (χ4n) is 1.91. The van der Waals surface area contributed by atoms with E-state index in [-0.39, 0.29) is 0 Å². The second-order valence-corrected chi connectivity index (χ2v) is 3.93. The first kappa shape index (κ1) is 12.0. The van der Waals surface area contributed by atoms with Crippen molar-refractivity contribution in [1.82, 2.24) is 4.90 Å². The van der Waals surface area contributed by atoms with Crippen molar-refractivity contribution in [2.45, 2.75) is 53.0 Å². The van der Waals surface area contributed by atoms with E-state index in [4.69, 9.17) is 0 Å². The van der Waals surface area contributed by atoms with E-state index >= 15 is 0 Å². The summed E-state index contributed by atoms with van der Waals surface area (Å²) in [6.45, 7) is 10.2. The minimum absolute atomic E-state index is 0.866. The molecule has 1 aliphatic rings. The highest BCUT2D eigenvalue weighted by molar-refractivity contribution is 4.80. The maximum absolute atomic E-state index is 2.48. The fraction of sp³-hybridized carbons (Fsp3) is 1.00. The molecule has 1 fully saturated rings. The molecule has 1 nitrogen and oxygen atoms in total. The van der Waals surface area contributed by atoms with Gasteiger partial charge in [0.05, 0.1) is 0 Å². The molecule has 0 saturated carbocycles. The molecule has 0 spiro atoms. The molecule has 74 valence electrons. The van der Waals surface area contributed by atoms with E-state index in [9.17, 15) is 0 Å². The Hall–Kier alpha value is -0.0400. The highest BCUT2D eigenvalue weighted by Crippen LogP contribution is 2.23. The van der Waals surface area contributed by atoms with Crippen LogP contribution in [0, 0.1) is 5.92 Å². The van der Waals surface area contributed by atoms with Crippen molar-refractivity contribution < 1.29 is 0 Å². The summed E-state index contributed by atoms with van der Waals surface area (Å²) in [6, 6.07) is 0.866. The largest absolute Gasteiger partial charge is 0.303 e. The van der Waals surface area contributed by atoms with Crippen molar-refractivity contribution in [3.8, 4) is 0 Å². The lowest BCUT2D eigenvalue weighted by Gasteiger charge is -2.20. The molecule has 1 saturated heterocycles. The zero-order chi connectivity index (χ0) is 9.56. The monoisotopic (exact) mass is 171 g/mol. The smallest absolute Gasteiger partial charge is 0.0116 e. The summed E-state index contributed by atoms with van der Waals surface area (Å²) in [6.07, 6.45) is 3.96. The normalized spacial score (nSPS) is 29.8. The Balaban J connectivity index is 0.000000354. The number of likely N-dealkylation sites (tertiary alicyclic amines) is 1. The van der Waals surface area contributed by atoms with Gasteiger partial charge in [0, 0.05) is 6.04 Å². The van der Waals surface area contributed by atoms with Crippen molar-refractivity contribution in [2.75, 3.05) is 13.6 Å². The van der Waals surface area contributed by atoms with Crippen LogP contribution in [0.5, 0.6) is 0 Å². The predicted octanol–water partition coefficient (Wildman–Crippen LogP) is 3.15. The maximum Gasteiger partial charge on any atom is 0.0116 e. The molecule has 1 heterocycles. The van der Waals surface area contributed by atoms with Gasteiger partial charge in [0.15, 0.2) is 0 Å². The molecule has 0 aromatic heterocycles. The molecular formula is C11H25N. The molecule has 2 atom stereocenters. The third kappa shape index (κ3) is 3.57. The Morgan fingerprint density at radius 3 is 1.92 bits per heavy atom. The lowest BCUT2D eigenvalue weighted by atomic mass is 10.0. The van der Waals surface area contributed by atoms with Gasteiger partial charge in [0.1, 0.15) is 0 Å². The molecule has 1 heteroatoms. The minimum Gasteiger partial charge on any atom is -0.303 e. The summed E-state index contributed by atoms with van der Waals surface area (Å²) >= 11 is 0. The molecule has 0 N–H and O–H groups in total. The average Bonchev–Trinajstić information content (AvgIpc) is 2.33. The summed E-state index contributed by atoms with van der Waals surface area (Å²) < 4.78 is 0. The molecule has 1 aliphatic heterocycles. The van der Waals surface area contributed by atoms with Gasteiger partial charge in [-0.1, -0.05) is 34.1 Å². The van der Waals surface area contributed by atoms with Gasteiger partial charge in [-0.25, -0.2) is 0 Å². The van der Waals surface area contributed by atoms with Gasteiger partial charge in [-0.15, -0.1) is 0 Å². The zero-order valence-corrected chi connectivity index (χ0v) is 9.43. The van der Waals surface area contributed by atoms with Crippen molar-refractivity contribution in [1.29, 1.82) is 0 Å². The van der Waals surface area contributed by atoms with Gasteiger partial charge < -0.3 is 4.90 Å². The second kappa shape index (κ2) is 6.47. The molecular weight excluding hydrogens is 146 g/mol. The molecule has 2 unspecified atom stereocenters. The first-order chi connectivity index (χ1) is 5.67. The molecule has 0 aromatic carbocycles. The van der Waals surface area contributed by atoms with E-state index in [2.05, 4.69) is 39.6 Å². The third-order valence-corrected chi connectivity index (χ3v) is 2.58. The molecule has 1 rings (SSSR count). The van der Waals surface area contributed by atoms with E-state index in [1.807, 2.05) is 0 Å². The first-order valence-corrected chi connectivity index (χ1v) is 5.37. The number of rotatable bonds is 1. The quantitative estimate of drug-likeness (QED) is 0.586. The van der Waals surface area contributed by atoms with Crippen LogP contribution in [0.2, 0.25) is 0 Å². The summed E-state index contributed by atoms with van der Waals surface area (Å²) in [5.74, 6) is 0.931. The highest BCUT2D eigenvalue weighted by atomic mass is 15.1.